The molecule has 0 unspecified atom stereocenters. The molecule has 0 radical (unpaired) electrons. The fourth-order valence-electron chi connectivity index (χ4n) is 4.14. The fourth-order valence-corrected chi connectivity index (χ4v) is 4.14. The maximum Gasteiger partial charge on any atom is 0.335 e. The van der Waals surface area contributed by atoms with Crippen LogP contribution in [0.5, 0.6) is 0 Å². The molecule has 1 aromatic carbocycles. The summed E-state index contributed by atoms with van der Waals surface area (Å²) >= 11 is 0. The first-order valence-electron chi connectivity index (χ1n) is 12.3. The normalized spacial score (nSPS) is 16.8. The molecule has 1 aliphatic rings. The van der Waals surface area contributed by atoms with Gasteiger partial charge in [0.05, 0.1) is 37.3 Å². The number of carbonyl (C=O) groups is 6. The van der Waals surface area contributed by atoms with Gasteiger partial charge >= 0.3 is 29.8 Å². The van der Waals surface area contributed by atoms with Gasteiger partial charge in [-0.2, -0.15) is 0 Å². The minimum atomic E-state index is -1.37. The Morgan fingerprint density at radius 3 is 1.10 bits per heavy atom. The number of amides is 1. The molecule has 16 heteroatoms. The van der Waals surface area contributed by atoms with Crippen molar-refractivity contribution in [2.45, 2.75) is 0 Å². The summed E-state index contributed by atoms with van der Waals surface area (Å²) in [6.45, 7) is 0.572. The topological polar surface area (TPSA) is 229 Å². The predicted octanol–water partition coefficient (Wildman–Crippen LogP) is -1.50. The lowest BCUT2D eigenvalue weighted by Gasteiger charge is -2.32. The molecule has 40 heavy (non-hydrogen) atoms. The second-order valence-electron chi connectivity index (χ2n) is 9.24. The smallest absolute Gasteiger partial charge is 0.335 e. The highest BCUT2D eigenvalue weighted by Gasteiger charge is 2.21. The van der Waals surface area contributed by atoms with E-state index in [-0.39, 0.29) is 95.4 Å². The largest absolute Gasteiger partial charge is 0.480 e. The molecule has 0 saturated carbocycles. The van der Waals surface area contributed by atoms with E-state index in [0.29, 0.717) is 0 Å². The van der Waals surface area contributed by atoms with Gasteiger partial charge in [0, 0.05) is 58.0 Å². The van der Waals surface area contributed by atoms with Crippen molar-refractivity contribution < 1.29 is 54.3 Å². The van der Waals surface area contributed by atoms with E-state index >= 15 is 0 Å². The average molecular weight is 568 g/mol. The minimum absolute atomic E-state index is 0.0322. The summed E-state index contributed by atoms with van der Waals surface area (Å²) in [4.78, 5) is 76.1. The molecule has 0 spiro atoms. The van der Waals surface area contributed by atoms with Gasteiger partial charge in [0.15, 0.2) is 0 Å². The maximum absolute atomic E-state index is 12.9. The highest BCUT2D eigenvalue weighted by Crippen LogP contribution is 2.16. The van der Waals surface area contributed by atoms with E-state index < -0.39 is 35.8 Å². The Bertz CT molecular complexity index is 1050. The fraction of sp³-hybridized carbons (Fsp3) is 0.500. The predicted molar refractivity (Wildman–Crippen MR) is 138 cm³/mol. The number of hydrogen-bond donors (Lipinski definition) is 6. The lowest BCUT2D eigenvalue weighted by atomic mass is 10.1. The molecule has 0 aliphatic carbocycles. The standard InChI is InChI=1S/C24H33N5O11/c30-19(25-18-10-16(23(37)38)9-17(11-18)24(39)40)12-26-1-3-27(13-20(31)32)5-7-29(15-22(35)36)8-6-28(4-2-26)14-21(33)34/h9-11H,1-8,12-15H2,(H,25,30)(H,31,32)(H,33,34)(H,35,36)(H,37,38)(H,39,40). The summed E-state index contributed by atoms with van der Waals surface area (Å²) in [7, 11) is 0. The van der Waals surface area contributed by atoms with Gasteiger partial charge in [-0.05, 0) is 18.2 Å². The number of nitrogens with one attached hydrogen (secondary N) is 1. The van der Waals surface area contributed by atoms with Gasteiger partial charge in [0.25, 0.3) is 0 Å². The minimum Gasteiger partial charge on any atom is -0.480 e. The van der Waals surface area contributed by atoms with E-state index in [1.54, 1.807) is 19.6 Å². The van der Waals surface area contributed by atoms with Gasteiger partial charge in [-0.25, -0.2) is 9.59 Å². The molecule has 1 amide bonds. The number of carboxylic acids is 5. The Kier molecular flexibility index (Phi) is 12.4. The van der Waals surface area contributed by atoms with Crippen LogP contribution in [0.15, 0.2) is 18.2 Å². The van der Waals surface area contributed by atoms with Crippen LogP contribution in [0.4, 0.5) is 5.69 Å². The molecule has 2 rings (SSSR count). The molecule has 0 aromatic heterocycles. The summed E-state index contributed by atoms with van der Waals surface area (Å²) < 4.78 is 0. The van der Waals surface area contributed by atoms with Gasteiger partial charge in [-0.3, -0.25) is 38.8 Å². The quantitative estimate of drug-likeness (QED) is 0.179. The SMILES string of the molecule is O=C(O)CN1CCN(CC(=O)O)CCN(CC(=O)Nc2cc(C(=O)O)cc(C(=O)O)c2)CCN(CC(=O)O)CC1. The third-order valence-corrected chi connectivity index (χ3v) is 6.08. The third-order valence-electron chi connectivity index (χ3n) is 6.08. The van der Waals surface area contributed by atoms with Crippen LogP contribution in [-0.4, -0.2) is 159 Å². The van der Waals surface area contributed by atoms with E-state index in [1.807, 2.05) is 0 Å². The number of hydrogen-bond acceptors (Lipinski definition) is 10. The van der Waals surface area contributed by atoms with Crippen LogP contribution in [0.25, 0.3) is 0 Å². The lowest BCUT2D eigenvalue weighted by molar-refractivity contribution is -0.140. The second-order valence-corrected chi connectivity index (χ2v) is 9.24. The first-order valence-corrected chi connectivity index (χ1v) is 12.3. The zero-order valence-corrected chi connectivity index (χ0v) is 21.7. The van der Waals surface area contributed by atoms with Crippen LogP contribution >= 0.6 is 0 Å². The van der Waals surface area contributed by atoms with Crippen molar-refractivity contribution in [2.75, 3.05) is 83.9 Å². The Morgan fingerprint density at radius 1 is 0.525 bits per heavy atom. The van der Waals surface area contributed by atoms with E-state index in [9.17, 15) is 54.3 Å². The highest BCUT2D eigenvalue weighted by molar-refractivity contribution is 5.98. The Labute approximate surface area is 229 Å². The number of benzene rings is 1. The van der Waals surface area contributed by atoms with Crippen LogP contribution in [0.3, 0.4) is 0 Å². The first kappa shape index (κ1) is 32.1. The number of nitrogens with zero attached hydrogens (tertiary/aromatic N) is 4. The molecular weight excluding hydrogens is 534 g/mol. The van der Waals surface area contributed by atoms with Crippen LogP contribution in [0.1, 0.15) is 20.7 Å². The average Bonchev–Trinajstić information content (AvgIpc) is 2.84. The van der Waals surface area contributed by atoms with E-state index in [2.05, 4.69) is 5.32 Å². The number of aliphatic carboxylic acids is 3. The second kappa shape index (κ2) is 15.5. The molecule has 6 N–H and O–H groups in total. The molecule has 220 valence electrons. The van der Waals surface area contributed by atoms with Crippen molar-refractivity contribution in [3.8, 4) is 0 Å². The Balaban J connectivity index is 2.21. The molecule has 1 heterocycles. The molecule has 0 atom stereocenters. The Hall–Kier alpha value is -4.12. The van der Waals surface area contributed by atoms with Gasteiger partial charge < -0.3 is 30.8 Å². The molecule has 1 fully saturated rings. The van der Waals surface area contributed by atoms with Crippen molar-refractivity contribution in [2.24, 2.45) is 0 Å². The first-order chi connectivity index (χ1) is 18.8. The molecular formula is C24H33N5O11. The molecule has 1 saturated heterocycles. The van der Waals surface area contributed by atoms with E-state index in [0.717, 1.165) is 18.2 Å². The number of rotatable bonds is 11. The molecule has 1 aliphatic heterocycles. The number of carbonyl (C=O) groups excluding carboxylic acids is 1. The van der Waals surface area contributed by atoms with Crippen molar-refractivity contribution in [1.82, 2.24) is 19.6 Å². The van der Waals surface area contributed by atoms with E-state index in [4.69, 9.17) is 0 Å². The van der Waals surface area contributed by atoms with Crippen molar-refractivity contribution in [3.05, 3.63) is 29.3 Å². The van der Waals surface area contributed by atoms with Crippen molar-refractivity contribution in [3.63, 3.8) is 0 Å². The van der Waals surface area contributed by atoms with E-state index in [1.165, 1.54) is 0 Å². The summed E-state index contributed by atoms with van der Waals surface area (Å²) in [5.74, 6) is -6.57. The van der Waals surface area contributed by atoms with Crippen LogP contribution in [0, 0.1) is 0 Å². The summed E-state index contributed by atoms with van der Waals surface area (Å²) in [5.41, 5.74) is -0.686. The highest BCUT2D eigenvalue weighted by atomic mass is 16.4. The number of anilines is 1. The van der Waals surface area contributed by atoms with Gasteiger partial charge in [0.1, 0.15) is 0 Å². The zero-order chi connectivity index (χ0) is 29.8. The lowest BCUT2D eigenvalue weighted by Crippen LogP contribution is -2.49. The maximum atomic E-state index is 12.9. The Morgan fingerprint density at radius 2 is 0.825 bits per heavy atom. The summed E-state index contributed by atoms with van der Waals surface area (Å²) in [6.07, 6.45) is 0. The molecule has 1 aromatic rings. The molecule has 0 bridgehead atoms. The zero-order valence-electron chi connectivity index (χ0n) is 21.7. The van der Waals surface area contributed by atoms with Gasteiger partial charge in [-0.15, -0.1) is 0 Å². The van der Waals surface area contributed by atoms with Crippen LogP contribution in [0.2, 0.25) is 0 Å². The monoisotopic (exact) mass is 567 g/mol. The molecule has 16 nitrogen and oxygen atoms in total. The van der Waals surface area contributed by atoms with Crippen LogP contribution < -0.4 is 5.32 Å². The van der Waals surface area contributed by atoms with Crippen molar-refractivity contribution in [1.29, 1.82) is 0 Å². The van der Waals surface area contributed by atoms with Crippen molar-refractivity contribution >= 4 is 41.4 Å². The van der Waals surface area contributed by atoms with Gasteiger partial charge in [0.2, 0.25) is 5.91 Å². The number of aromatic carboxylic acids is 2. The summed E-state index contributed by atoms with van der Waals surface area (Å²) in [6, 6.07) is 3.20. The summed E-state index contributed by atoms with van der Waals surface area (Å²) in [5, 5.41) is 48.8. The third kappa shape index (κ3) is 11.7. The van der Waals surface area contributed by atoms with Crippen LogP contribution in [-0.2, 0) is 19.2 Å². The van der Waals surface area contributed by atoms with Gasteiger partial charge in [-0.1, -0.05) is 0 Å². The number of carboxylic acid groups (broad SMARTS) is 5.